The van der Waals surface area contributed by atoms with E-state index in [1.807, 2.05) is 44.2 Å². The number of nitrogens with zero attached hydrogens (tertiary/aromatic N) is 4. The maximum atomic E-state index is 9.15. The lowest BCUT2D eigenvalue weighted by Gasteiger charge is -2.11. The summed E-state index contributed by atoms with van der Waals surface area (Å²) in [4.78, 5) is 4.37. The first kappa shape index (κ1) is 17.2. The van der Waals surface area contributed by atoms with Gasteiger partial charge in [0.15, 0.2) is 5.82 Å². The Labute approximate surface area is 151 Å². The van der Waals surface area contributed by atoms with Gasteiger partial charge in [0.1, 0.15) is 11.8 Å². The number of anilines is 4. The Morgan fingerprint density at radius 2 is 1.81 bits per heavy atom. The molecule has 0 atom stereocenters. The van der Waals surface area contributed by atoms with E-state index in [2.05, 4.69) is 31.9 Å². The fraction of sp³-hybridized carbons (Fsp3) is 0.158. The first-order chi connectivity index (χ1) is 12.6. The van der Waals surface area contributed by atoms with Gasteiger partial charge in [-0.3, -0.25) is 0 Å². The van der Waals surface area contributed by atoms with E-state index in [1.54, 1.807) is 18.2 Å². The third-order valence-corrected chi connectivity index (χ3v) is 3.35. The summed E-state index contributed by atoms with van der Waals surface area (Å²) in [5.74, 6) is 1.65. The minimum absolute atomic E-state index is 0.129. The molecule has 130 valence electrons. The van der Waals surface area contributed by atoms with Gasteiger partial charge in [0, 0.05) is 5.69 Å². The zero-order valence-electron chi connectivity index (χ0n) is 14.5. The van der Waals surface area contributed by atoms with Crippen molar-refractivity contribution in [1.82, 2.24) is 15.2 Å². The zero-order valence-corrected chi connectivity index (χ0v) is 14.5. The molecule has 0 aliphatic carbocycles. The third-order valence-electron chi connectivity index (χ3n) is 3.35. The summed E-state index contributed by atoms with van der Waals surface area (Å²) in [7, 11) is 0. The van der Waals surface area contributed by atoms with E-state index in [9.17, 15) is 0 Å². The molecule has 7 heteroatoms. The molecule has 0 bridgehead atoms. The summed E-state index contributed by atoms with van der Waals surface area (Å²) < 4.78 is 5.62. The second-order valence-corrected chi connectivity index (χ2v) is 5.76. The van der Waals surface area contributed by atoms with Crippen LogP contribution in [-0.2, 0) is 0 Å². The van der Waals surface area contributed by atoms with Crippen LogP contribution in [0.1, 0.15) is 19.4 Å². The molecule has 1 heterocycles. The Hall–Kier alpha value is -3.66. The van der Waals surface area contributed by atoms with Crippen molar-refractivity contribution < 1.29 is 4.74 Å². The SMILES string of the molecule is CC(C)Oc1ccc(Nc2cnnc(Nc3ccccc3C#N)n2)cc1. The van der Waals surface area contributed by atoms with E-state index >= 15 is 0 Å². The lowest BCUT2D eigenvalue weighted by atomic mass is 10.2. The number of ether oxygens (including phenoxy) is 1. The van der Waals surface area contributed by atoms with Crippen molar-refractivity contribution in [2.45, 2.75) is 20.0 Å². The average molecular weight is 346 g/mol. The summed E-state index contributed by atoms with van der Waals surface area (Å²) in [6, 6.07) is 16.8. The predicted molar refractivity (Wildman–Crippen MR) is 99.8 cm³/mol. The summed E-state index contributed by atoms with van der Waals surface area (Å²) in [6.07, 6.45) is 1.66. The van der Waals surface area contributed by atoms with Crippen LogP contribution in [0.5, 0.6) is 5.75 Å². The highest BCUT2D eigenvalue weighted by Gasteiger charge is 2.06. The molecule has 0 aliphatic rings. The molecule has 0 saturated carbocycles. The van der Waals surface area contributed by atoms with Crippen molar-refractivity contribution in [1.29, 1.82) is 5.26 Å². The van der Waals surface area contributed by atoms with Crippen LogP contribution in [0.25, 0.3) is 0 Å². The molecule has 1 aromatic heterocycles. The Morgan fingerprint density at radius 1 is 1.04 bits per heavy atom. The molecule has 0 saturated heterocycles. The molecule has 0 radical (unpaired) electrons. The lowest BCUT2D eigenvalue weighted by molar-refractivity contribution is 0.242. The molecule has 0 spiro atoms. The molecule has 0 fully saturated rings. The van der Waals surface area contributed by atoms with Crippen molar-refractivity contribution >= 4 is 23.1 Å². The quantitative estimate of drug-likeness (QED) is 0.696. The van der Waals surface area contributed by atoms with Crippen LogP contribution in [0, 0.1) is 11.3 Å². The molecule has 2 aromatic carbocycles. The fourth-order valence-corrected chi connectivity index (χ4v) is 2.26. The van der Waals surface area contributed by atoms with Crippen LogP contribution in [0.4, 0.5) is 23.1 Å². The number of hydrogen-bond donors (Lipinski definition) is 2. The van der Waals surface area contributed by atoms with E-state index in [1.165, 1.54) is 6.20 Å². The van der Waals surface area contributed by atoms with Gasteiger partial charge in [-0.05, 0) is 50.2 Å². The van der Waals surface area contributed by atoms with E-state index in [4.69, 9.17) is 10.00 Å². The van der Waals surface area contributed by atoms with Gasteiger partial charge >= 0.3 is 0 Å². The van der Waals surface area contributed by atoms with Crippen LogP contribution in [0.15, 0.2) is 54.7 Å². The Balaban J connectivity index is 1.72. The molecule has 0 unspecified atom stereocenters. The Bertz CT molecular complexity index is 918. The predicted octanol–water partition coefficient (Wildman–Crippen LogP) is 4.02. The number of para-hydroxylation sites is 1. The Kier molecular flexibility index (Phi) is 5.25. The van der Waals surface area contributed by atoms with Crippen LogP contribution < -0.4 is 15.4 Å². The van der Waals surface area contributed by atoms with Crippen molar-refractivity contribution in [3.8, 4) is 11.8 Å². The number of benzene rings is 2. The van der Waals surface area contributed by atoms with E-state index in [-0.39, 0.29) is 6.10 Å². The molecule has 7 nitrogen and oxygen atoms in total. The number of nitrogens with one attached hydrogen (secondary N) is 2. The smallest absolute Gasteiger partial charge is 0.249 e. The highest BCUT2D eigenvalue weighted by molar-refractivity contribution is 5.64. The molecule has 0 amide bonds. The first-order valence-corrected chi connectivity index (χ1v) is 8.13. The van der Waals surface area contributed by atoms with Crippen LogP contribution in [0.2, 0.25) is 0 Å². The van der Waals surface area contributed by atoms with Crippen molar-refractivity contribution in [3.05, 3.63) is 60.3 Å². The van der Waals surface area contributed by atoms with Gasteiger partial charge < -0.3 is 15.4 Å². The summed E-state index contributed by atoms with van der Waals surface area (Å²) in [5, 5.41) is 23.2. The largest absolute Gasteiger partial charge is 0.491 e. The topological polar surface area (TPSA) is 95.8 Å². The molecule has 0 aliphatic heterocycles. The van der Waals surface area contributed by atoms with Crippen molar-refractivity contribution in [2.24, 2.45) is 0 Å². The normalized spacial score (nSPS) is 10.2. The second-order valence-electron chi connectivity index (χ2n) is 5.76. The van der Waals surface area contributed by atoms with Crippen LogP contribution >= 0.6 is 0 Å². The maximum absolute atomic E-state index is 9.15. The summed E-state index contributed by atoms with van der Waals surface area (Å²) in [6.45, 7) is 3.97. The zero-order chi connectivity index (χ0) is 18.4. The molecule has 3 rings (SSSR count). The first-order valence-electron chi connectivity index (χ1n) is 8.13. The van der Waals surface area contributed by atoms with Gasteiger partial charge in [-0.15, -0.1) is 5.10 Å². The van der Waals surface area contributed by atoms with E-state index in [0.29, 0.717) is 23.0 Å². The van der Waals surface area contributed by atoms with Crippen LogP contribution in [-0.4, -0.2) is 21.3 Å². The second kappa shape index (κ2) is 7.94. The highest BCUT2D eigenvalue weighted by atomic mass is 16.5. The number of nitriles is 1. The van der Waals surface area contributed by atoms with E-state index in [0.717, 1.165) is 11.4 Å². The van der Waals surface area contributed by atoms with Gasteiger partial charge in [-0.1, -0.05) is 12.1 Å². The molecule has 26 heavy (non-hydrogen) atoms. The van der Waals surface area contributed by atoms with Crippen molar-refractivity contribution in [3.63, 3.8) is 0 Å². The van der Waals surface area contributed by atoms with E-state index < -0.39 is 0 Å². The van der Waals surface area contributed by atoms with Gasteiger partial charge in [0.05, 0.1) is 23.6 Å². The monoisotopic (exact) mass is 346 g/mol. The lowest BCUT2D eigenvalue weighted by Crippen LogP contribution is -2.05. The summed E-state index contributed by atoms with van der Waals surface area (Å²) in [5.41, 5.74) is 1.99. The Morgan fingerprint density at radius 3 is 2.54 bits per heavy atom. The molecular formula is C19H18N6O. The number of hydrogen-bond acceptors (Lipinski definition) is 7. The summed E-state index contributed by atoms with van der Waals surface area (Å²) >= 11 is 0. The van der Waals surface area contributed by atoms with Gasteiger partial charge in [0.2, 0.25) is 5.95 Å². The molecule has 2 N–H and O–H groups in total. The van der Waals surface area contributed by atoms with Crippen molar-refractivity contribution in [2.75, 3.05) is 10.6 Å². The average Bonchev–Trinajstić information content (AvgIpc) is 2.64. The minimum Gasteiger partial charge on any atom is -0.491 e. The maximum Gasteiger partial charge on any atom is 0.249 e. The van der Waals surface area contributed by atoms with Gasteiger partial charge in [-0.2, -0.15) is 15.3 Å². The van der Waals surface area contributed by atoms with Gasteiger partial charge in [-0.25, -0.2) is 0 Å². The molecular weight excluding hydrogens is 328 g/mol. The number of aromatic nitrogens is 3. The minimum atomic E-state index is 0.129. The third kappa shape index (κ3) is 4.45. The fourth-order valence-electron chi connectivity index (χ4n) is 2.26. The van der Waals surface area contributed by atoms with Gasteiger partial charge in [0.25, 0.3) is 0 Å². The van der Waals surface area contributed by atoms with Crippen LogP contribution in [0.3, 0.4) is 0 Å². The molecule has 3 aromatic rings. The highest BCUT2D eigenvalue weighted by Crippen LogP contribution is 2.21. The standard InChI is InChI=1S/C19H18N6O/c1-13(2)26-16-9-7-15(8-10-16)22-18-12-21-25-19(24-18)23-17-6-4-3-5-14(17)11-20/h3-10,12-13H,1-2H3,(H2,22,23,24,25). The number of rotatable bonds is 6.